The monoisotopic (exact) mass is 574 g/mol. The lowest BCUT2D eigenvalue weighted by molar-refractivity contribution is 0.673. The normalized spacial score (nSPS) is 12.0. The molecule has 3 aromatic heterocycles. The summed E-state index contributed by atoms with van der Waals surface area (Å²) in [5, 5.41) is 7.05. The topological polar surface area (TPSA) is 23.0 Å². The van der Waals surface area contributed by atoms with Gasteiger partial charge in [-0.25, -0.2) is 0 Å². The quantitative estimate of drug-likeness (QED) is 0.206. The maximum absolute atomic E-state index is 7.11. The van der Waals surface area contributed by atoms with E-state index in [9.17, 15) is 0 Å². The Morgan fingerprint density at radius 1 is 0.311 bits per heavy atom. The van der Waals surface area contributed by atoms with E-state index in [4.69, 9.17) is 4.42 Å². The number of fused-ring (bicyclic) bond motifs is 11. The maximum atomic E-state index is 7.11. The van der Waals surface area contributed by atoms with E-state index < -0.39 is 0 Å². The first-order chi connectivity index (χ1) is 22.3. The zero-order chi connectivity index (χ0) is 29.5. The average Bonchev–Trinajstić information content (AvgIpc) is 3.77. The van der Waals surface area contributed by atoms with Crippen molar-refractivity contribution in [3.05, 3.63) is 158 Å². The van der Waals surface area contributed by atoms with Crippen LogP contribution in [0.1, 0.15) is 0 Å². The van der Waals surface area contributed by atoms with Crippen LogP contribution in [0.4, 0.5) is 0 Å². The van der Waals surface area contributed by atoms with E-state index in [1.807, 2.05) is 0 Å². The Labute approximate surface area is 258 Å². The van der Waals surface area contributed by atoms with Gasteiger partial charge in [-0.1, -0.05) is 109 Å². The van der Waals surface area contributed by atoms with E-state index in [1.54, 1.807) is 0 Å². The molecule has 0 saturated carbocycles. The Morgan fingerprint density at radius 2 is 0.733 bits per heavy atom. The average molecular weight is 575 g/mol. The van der Waals surface area contributed by atoms with Gasteiger partial charge in [-0.05, 0) is 59.7 Å². The molecule has 210 valence electrons. The summed E-state index contributed by atoms with van der Waals surface area (Å²) in [4.78, 5) is 0. The van der Waals surface area contributed by atoms with Gasteiger partial charge in [-0.15, -0.1) is 0 Å². The molecule has 10 rings (SSSR count). The number of hydrogen-bond donors (Lipinski definition) is 0. The molecule has 0 atom stereocenters. The van der Waals surface area contributed by atoms with Gasteiger partial charge in [0.15, 0.2) is 11.2 Å². The summed E-state index contributed by atoms with van der Waals surface area (Å²) >= 11 is 0. The van der Waals surface area contributed by atoms with Crippen molar-refractivity contribution in [2.24, 2.45) is 0 Å². The van der Waals surface area contributed by atoms with Crippen molar-refractivity contribution >= 4 is 65.6 Å². The van der Waals surface area contributed by atoms with Crippen molar-refractivity contribution in [3.63, 3.8) is 0 Å². The minimum Gasteiger partial charge on any atom is -0.452 e. The van der Waals surface area contributed by atoms with Gasteiger partial charge in [-0.3, -0.25) is 0 Å². The number of nitrogens with zero attached hydrogens (tertiary/aromatic N) is 2. The SMILES string of the molecule is c1ccc(-c2ccc(-n3c4ccccc4c4ccc5c6ccc7c8ccccc8n(-c8ccccc8)c7c6oc5c43)cc2)cc1. The molecule has 10 aromatic rings. The number of benzene rings is 7. The van der Waals surface area contributed by atoms with Crippen molar-refractivity contribution in [1.82, 2.24) is 9.13 Å². The molecule has 45 heavy (non-hydrogen) atoms. The highest BCUT2D eigenvalue weighted by Gasteiger charge is 2.22. The van der Waals surface area contributed by atoms with Gasteiger partial charge in [0, 0.05) is 43.7 Å². The van der Waals surface area contributed by atoms with Gasteiger partial charge < -0.3 is 13.6 Å². The highest BCUT2D eigenvalue weighted by molar-refractivity contribution is 6.26. The van der Waals surface area contributed by atoms with E-state index >= 15 is 0 Å². The third-order valence-corrected chi connectivity index (χ3v) is 9.32. The number of para-hydroxylation sites is 3. The Hall–Kier alpha value is -6.06. The first-order valence-electron chi connectivity index (χ1n) is 15.4. The first-order valence-corrected chi connectivity index (χ1v) is 15.4. The van der Waals surface area contributed by atoms with E-state index in [1.165, 1.54) is 38.2 Å². The molecule has 7 aromatic carbocycles. The molecule has 3 nitrogen and oxygen atoms in total. The minimum atomic E-state index is 0.906. The van der Waals surface area contributed by atoms with Crippen LogP contribution in [0.5, 0.6) is 0 Å². The van der Waals surface area contributed by atoms with Gasteiger partial charge in [0.1, 0.15) is 0 Å². The number of furan rings is 1. The lowest BCUT2D eigenvalue weighted by atomic mass is 10.1. The zero-order valence-electron chi connectivity index (χ0n) is 24.3. The number of hydrogen-bond acceptors (Lipinski definition) is 1. The number of aromatic nitrogens is 2. The molecule has 0 saturated heterocycles. The minimum absolute atomic E-state index is 0.906. The molecule has 0 N–H and O–H groups in total. The smallest absolute Gasteiger partial charge is 0.160 e. The lowest BCUT2D eigenvalue weighted by Crippen LogP contribution is -1.94. The van der Waals surface area contributed by atoms with Gasteiger partial charge in [0.25, 0.3) is 0 Å². The van der Waals surface area contributed by atoms with Crippen LogP contribution < -0.4 is 0 Å². The summed E-state index contributed by atoms with van der Waals surface area (Å²) < 4.78 is 11.8. The summed E-state index contributed by atoms with van der Waals surface area (Å²) in [7, 11) is 0. The summed E-state index contributed by atoms with van der Waals surface area (Å²) in [6.45, 7) is 0. The van der Waals surface area contributed by atoms with Crippen molar-refractivity contribution in [2.45, 2.75) is 0 Å². The van der Waals surface area contributed by atoms with Crippen molar-refractivity contribution in [2.75, 3.05) is 0 Å². The second kappa shape index (κ2) is 9.22. The van der Waals surface area contributed by atoms with Crippen LogP contribution in [0.15, 0.2) is 162 Å². The molecule has 3 heteroatoms. The van der Waals surface area contributed by atoms with Gasteiger partial charge in [0.2, 0.25) is 0 Å². The molecular formula is C42H26N2O. The van der Waals surface area contributed by atoms with E-state index in [2.05, 4.69) is 167 Å². The second-order valence-electron chi connectivity index (χ2n) is 11.7. The lowest BCUT2D eigenvalue weighted by Gasteiger charge is -2.09. The third-order valence-electron chi connectivity index (χ3n) is 9.32. The zero-order valence-corrected chi connectivity index (χ0v) is 24.3. The number of rotatable bonds is 3. The fourth-order valence-corrected chi connectivity index (χ4v) is 7.33. The predicted octanol–water partition coefficient (Wildman–Crippen LogP) is 11.4. The third kappa shape index (κ3) is 3.41. The van der Waals surface area contributed by atoms with Crippen molar-refractivity contribution in [3.8, 4) is 22.5 Å². The van der Waals surface area contributed by atoms with Crippen molar-refractivity contribution in [1.29, 1.82) is 0 Å². The van der Waals surface area contributed by atoms with Gasteiger partial charge in [0.05, 0.1) is 22.1 Å². The summed E-state index contributed by atoms with van der Waals surface area (Å²) in [6.07, 6.45) is 0. The molecule has 3 heterocycles. The molecule has 0 aliphatic carbocycles. The molecule has 0 bridgehead atoms. The second-order valence-corrected chi connectivity index (χ2v) is 11.7. The molecule has 0 aliphatic heterocycles. The summed E-state index contributed by atoms with van der Waals surface area (Å²) in [6, 6.07) is 56.3. The van der Waals surface area contributed by atoms with Crippen molar-refractivity contribution < 1.29 is 4.42 Å². The van der Waals surface area contributed by atoms with Gasteiger partial charge >= 0.3 is 0 Å². The van der Waals surface area contributed by atoms with Crippen LogP contribution in [-0.2, 0) is 0 Å². The maximum Gasteiger partial charge on any atom is 0.160 e. The highest BCUT2D eigenvalue weighted by atomic mass is 16.3. The van der Waals surface area contributed by atoms with Crippen LogP contribution in [0.2, 0.25) is 0 Å². The van der Waals surface area contributed by atoms with E-state index in [0.717, 1.165) is 49.9 Å². The molecule has 0 amide bonds. The van der Waals surface area contributed by atoms with E-state index in [0.29, 0.717) is 0 Å². The fraction of sp³-hybridized carbons (Fsp3) is 0. The van der Waals surface area contributed by atoms with Gasteiger partial charge in [-0.2, -0.15) is 0 Å². The summed E-state index contributed by atoms with van der Waals surface area (Å²) in [5.41, 5.74) is 11.0. The molecule has 0 aliphatic rings. The Morgan fingerprint density at radius 3 is 1.29 bits per heavy atom. The largest absolute Gasteiger partial charge is 0.452 e. The Bertz CT molecular complexity index is 2730. The fourth-order valence-electron chi connectivity index (χ4n) is 7.33. The van der Waals surface area contributed by atoms with Crippen LogP contribution in [-0.4, -0.2) is 9.13 Å². The molecule has 0 spiro atoms. The molecule has 0 fully saturated rings. The van der Waals surface area contributed by atoms with Crippen LogP contribution >= 0.6 is 0 Å². The molecule has 0 unspecified atom stereocenters. The molecular weight excluding hydrogens is 548 g/mol. The van der Waals surface area contributed by atoms with Crippen LogP contribution in [0.25, 0.3) is 88.1 Å². The van der Waals surface area contributed by atoms with E-state index in [-0.39, 0.29) is 0 Å². The standard InChI is InChI=1S/C42H26N2O/c1-3-11-27(12-4-1)28-19-21-30(22-20-28)44-38-18-10-8-16-32(38)34-24-26-36-35-25-23-33-31-15-7-9-17-37(31)43(29-13-5-2-6-14-29)39(33)41(35)45-42(36)40(34)44/h1-26H. The van der Waals surface area contributed by atoms with Crippen LogP contribution in [0.3, 0.4) is 0 Å². The Kier molecular flexibility index (Phi) is 5.00. The molecule has 0 radical (unpaired) electrons. The Balaban J connectivity index is 1.32. The van der Waals surface area contributed by atoms with Crippen LogP contribution in [0, 0.1) is 0 Å². The first kappa shape index (κ1) is 24.4. The summed E-state index contributed by atoms with van der Waals surface area (Å²) in [5.74, 6) is 0. The predicted molar refractivity (Wildman–Crippen MR) is 188 cm³/mol. The highest BCUT2D eigenvalue weighted by Crippen LogP contribution is 2.44.